The van der Waals surface area contributed by atoms with E-state index >= 15 is 0 Å². The second kappa shape index (κ2) is 33.4. The number of carbonyl (C=O) groups excluding carboxylic acids is 1. The number of aliphatic carboxylic acids is 1. The molecular weight excluding hydrogens is 520 g/mol. The molecule has 0 fully saturated rings. The fraction of sp³-hybridized carbons (Fsp3) is 0.737. The van der Waals surface area contributed by atoms with Crippen LogP contribution in [0.3, 0.4) is 0 Å². The highest BCUT2D eigenvalue weighted by molar-refractivity contribution is 5.69. The van der Waals surface area contributed by atoms with E-state index in [1.165, 1.54) is 57.8 Å². The van der Waals surface area contributed by atoms with Gasteiger partial charge < -0.3 is 9.84 Å². The van der Waals surface area contributed by atoms with Crippen LogP contribution in [0.4, 0.5) is 0 Å². The third kappa shape index (κ3) is 32.4. The standard InChI is InChI=1S/C38H66O4/c1-3-5-7-9-11-12-13-14-15-16-17-18-19-20-21-27-31-35-38(41)42-36(32-28-24-10-8-6-4-2)33-29-25-22-23-26-30-34-37(39)40/h11-12,14-15,17-18,20-21,36H,3-10,13,16,19,22-35H2,1-2H3,(H,39,40)/b12-11-,15-14-,18-17-,21-20-. The molecule has 0 rings (SSSR count). The molecule has 0 aliphatic rings. The summed E-state index contributed by atoms with van der Waals surface area (Å²) in [7, 11) is 0. The van der Waals surface area contributed by atoms with E-state index in [1.54, 1.807) is 0 Å². The van der Waals surface area contributed by atoms with Crippen LogP contribution in [0.5, 0.6) is 0 Å². The Morgan fingerprint density at radius 2 is 0.952 bits per heavy atom. The molecule has 1 atom stereocenters. The van der Waals surface area contributed by atoms with Crippen molar-refractivity contribution in [1.82, 2.24) is 0 Å². The van der Waals surface area contributed by atoms with Gasteiger partial charge in [-0.15, -0.1) is 0 Å². The molecule has 4 heteroatoms. The summed E-state index contributed by atoms with van der Waals surface area (Å²) in [6.07, 6.45) is 44.1. The van der Waals surface area contributed by atoms with Crippen LogP contribution >= 0.6 is 0 Å². The molecule has 0 radical (unpaired) electrons. The van der Waals surface area contributed by atoms with Gasteiger partial charge in [-0.2, -0.15) is 0 Å². The second-order valence-corrected chi connectivity index (χ2v) is 11.7. The first-order valence-corrected chi connectivity index (χ1v) is 17.6. The molecule has 1 N–H and O–H groups in total. The van der Waals surface area contributed by atoms with E-state index in [-0.39, 0.29) is 18.5 Å². The van der Waals surface area contributed by atoms with Crippen molar-refractivity contribution < 1.29 is 19.4 Å². The first-order chi connectivity index (χ1) is 20.6. The summed E-state index contributed by atoms with van der Waals surface area (Å²) in [4.78, 5) is 23.2. The molecule has 242 valence electrons. The Hall–Kier alpha value is -2.10. The number of rotatable bonds is 31. The molecule has 1 unspecified atom stereocenters. The Bertz CT molecular complexity index is 719. The van der Waals surface area contributed by atoms with Crippen molar-refractivity contribution in [3.8, 4) is 0 Å². The van der Waals surface area contributed by atoms with Gasteiger partial charge in [0.25, 0.3) is 0 Å². The lowest BCUT2D eigenvalue weighted by atomic mass is 10.0. The van der Waals surface area contributed by atoms with E-state index in [0.717, 1.165) is 89.9 Å². The molecule has 0 bridgehead atoms. The van der Waals surface area contributed by atoms with Crippen LogP contribution in [0, 0.1) is 0 Å². The zero-order valence-electron chi connectivity index (χ0n) is 27.5. The first-order valence-electron chi connectivity index (χ1n) is 17.6. The number of carboxylic acid groups (broad SMARTS) is 1. The van der Waals surface area contributed by atoms with Crippen LogP contribution in [0.15, 0.2) is 48.6 Å². The zero-order chi connectivity index (χ0) is 30.8. The van der Waals surface area contributed by atoms with Gasteiger partial charge in [0.15, 0.2) is 0 Å². The Kier molecular flexibility index (Phi) is 31.7. The molecule has 0 aromatic heterocycles. The molecule has 0 aromatic rings. The van der Waals surface area contributed by atoms with Crippen LogP contribution in [-0.4, -0.2) is 23.1 Å². The minimum absolute atomic E-state index is 0.0458. The van der Waals surface area contributed by atoms with Gasteiger partial charge >= 0.3 is 11.9 Å². The summed E-state index contributed by atoms with van der Waals surface area (Å²) in [5.41, 5.74) is 0. The van der Waals surface area contributed by atoms with E-state index in [9.17, 15) is 9.59 Å². The Balaban J connectivity index is 4.07. The molecule has 0 aromatic carbocycles. The Morgan fingerprint density at radius 1 is 0.524 bits per heavy atom. The van der Waals surface area contributed by atoms with E-state index in [0.29, 0.717) is 6.42 Å². The number of esters is 1. The van der Waals surface area contributed by atoms with Gasteiger partial charge in [0.2, 0.25) is 0 Å². The number of unbranched alkanes of at least 4 members (excludes halogenated alkanes) is 14. The molecule has 42 heavy (non-hydrogen) atoms. The predicted molar refractivity (Wildman–Crippen MR) is 181 cm³/mol. The summed E-state index contributed by atoms with van der Waals surface area (Å²) < 4.78 is 5.93. The maximum Gasteiger partial charge on any atom is 0.306 e. The van der Waals surface area contributed by atoms with Gasteiger partial charge in [-0.1, -0.05) is 133 Å². The Labute approximate surface area is 260 Å². The van der Waals surface area contributed by atoms with Crippen LogP contribution in [0.2, 0.25) is 0 Å². The van der Waals surface area contributed by atoms with Crippen LogP contribution in [-0.2, 0) is 14.3 Å². The van der Waals surface area contributed by atoms with Crippen molar-refractivity contribution in [2.24, 2.45) is 0 Å². The largest absolute Gasteiger partial charge is 0.481 e. The molecule has 0 heterocycles. The third-order valence-electron chi connectivity index (χ3n) is 7.55. The van der Waals surface area contributed by atoms with Gasteiger partial charge in [0.05, 0.1) is 0 Å². The highest BCUT2D eigenvalue weighted by Gasteiger charge is 2.14. The fourth-order valence-electron chi connectivity index (χ4n) is 4.94. The number of allylic oxidation sites excluding steroid dienone is 8. The Morgan fingerprint density at radius 3 is 1.48 bits per heavy atom. The summed E-state index contributed by atoms with van der Waals surface area (Å²) >= 11 is 0. The SMILES string of the molecule is CCCCC/C=C\C/C=C\C/C=C\C/C=C\CCCC(=O)OC(CCCCCCCC)CCCCCCCCC(=O)O. The molecule has 0 amide bonds. The maximum absolute atomic E-state index is 12.5. The molecule has 0 spiro atoms. The van der Waals surface area contributed by atoms with Gasteiger partial charge in [0.1, 0.15) is 6.10 Å². The summed E-state index contributed by atoms with van der Waals surface area (Å²) in [5.74, 6) is -0.746. The second-order valence-electron chi connectivity index (χ2n) is 11.7. The lowest BCUT2D eigenvalue weighted by Gasteiger charge is -2.18. The van der Waals surface area contributed by atoms with Crippen molar-refractivity contribution >= 4 is 11.9 Å². The van der Waals surface area contributed by atoms with Crippen LogP contribution in [0.25, 0.3) is 0 Å². The number of carboxylic acids is 1. The number of hydrogen-bond donors (Lipinski definition) is 1. The number of ether oxygens (including phenoxy) is 1. The van der Waals surface area contributed by atoms with Gasteiger partial charge in [0, 0.05) is 12.8 Å². The lowest BCUT2D eigenvalue weighted by Crippen LogP contribution is -2.18. The van der Waals surface area contributed by atoms with Crippen molar-refractivity contribution in [2.75, 3.05) is 0 Å². The fourth-order valence-corrected chi connectivity index (χ4v) is 4.94. The van der Waals surface area contributed by atoms with Crippen LogP contribution in [0.1, 0.15) is 174 Å². The minimum Gasteiger partial charge on any atom is -0.481 e. The van der Waals surface area contributed by atoms with Crippen molar-refractivity contribution in [1.29, 1.82) is 0 Å². The third-order valence-corrected chi connectivity index (χ3v) is 7.55. The highest BCUT2D eigenvalue weighted by Crippen LogP contribution is 2.18. The van der Waals surface area contributed by atoms with Crippen molar-refractivity contribution in [3.05, 3.63) is 48.6 Å². The maximum atomic E-state index is 12.5. The highest BCUT2D eigenvalue weighted by atomic mass is 16.5. The summed E-state index contributed by atoms with van der Waals surface area (Å²) in [6.45, 7) is 4.48. The average Bonchev–Trinajstić information content (AvgIpc) is 2.97. The molecule has 4 nitrogen and oxygen atoms in total. The summed E-state index contributed by atoms with van der Waals surface area (Å²) in [6, 6.07) is 0. The molecule has 0 aliphatic heterocycles. The number of carbonyl (C=O) groups is 2. The molecule has 0 saturated heterocycles. The first kappa shape index (κ1) is 39.9. The van der Waals surface area contributed by atoms with Gasteiger partial charge in [-0.05, 0) is 77.0 Å². The van der Waals surface area contributed by atoms with Crippen molar-refractivity contribution in [2.45, 2.75) is 180 Å². The monoisotopic (exact) mass is 586 g/mol. The van der Waals surface area contributed by atoms with Crippen molar-refractivity contribution in [3.63, 3.8) is 0 Å². The lowest BCUT2D eigenvalue weighted by molar-refractivity contribution is -0.150. The minimum atomic E-state index is -0.700. The molecular formula is C38H66O4. The van der Waals surface area contributed by atoms with E-state index < -0.39 is 5.97 Å². The molecule has 0 saturated carbocycles. The zero-order valence-corrected chi connectivity index (χ0v) is 27.5. The molecule has 0 aliphatic carbocycles. The van der Waals surface area contributed by atoms with Crippen LogP contribution < -0.4 is 0 Å². The van der Waals surface area contributed by atoms with Gasteiger partial charge in [-0.25, -0.2) is 0 Å². The summed E-state index contributed by atoms with van der Waals surface area (Å²) in [5, 5.41) is 8.74. The normalized spacial score (nSPS) is 12.8. The van der Waals surface area contributed by atoms with E-state index in [1.807, 2.05) is 0 Å². The topological polar surface area (TPSA) is 63.6 Å². The average molecular weight is 587 g/mol. The van der Waals surface area contributed by atoms with E-state index in [4.69, 9.17) is 9.84 Å². The quantitative estimate of drug-likeness (QED) is 0.0498. The smallest absolute Gasteiger partial charge is 0.306 e. The van der Waals surface area contributed by atoms with E-state index in [2.05, 4.69) is 62.5 Å². The number of hydrogen-bond acceptors (Lipinski definition) is 3. The van der Waals surface area contributed by atoms with Gasteiger partial charge in [-0.3, -0.25) is 9.59 Å². The predicted octanol–water partition coefficient (Wildman–Crippen LogP) is 12.0.